The van der Waals surface area contributed by atoms with Gasteiger partial charge in [-0.2, -0.15) is 0 Å². The van der Waals surface area contributed by atoms with Crippen LogP contribution in [0.1, 0.15) is 10.5 Å². The molecule has 0 saturated carbocycles. The second-order valence-corrected chi connectivity index (χ2v) is 4.44. The number of aromatic carboxylic acids is 1. The number of pyridine rings is 1. The third kappa shape index (κ3) is 2.13. The Bertz CT molecular complexity index is 621. The summed E-state index contributed by atoms with van der Waals surface area (Å²) in [7, 11) is 0. The first kappa shape index (κ1) is 11.9. The molecule has 0 unspecified atom stereocenters. The molecule has 0 spiro atoms. The number of hydrogen-bond donors (Lipinski definition) is 1. The van der Waals surface area contributed by atoms with Crippen LogP contribution >= 0.6 is 0 Å². The van der Waals surface area contributed by atoms with E-state index in [1.807, 2.05) is 18.2 Å². The molecule has 1 aromatic carbocycles. The Kier molecular flexibility index (Phi) is 3.05. The summed E-state index contributed by atoms with van der Waals surface area (Å²) >= 11 is 0. The first-order valence-corrected chi connectivity index (χ1v) is 6.21. The van der Waals surface area contributed by atoms with E-state index in [1.165, 1.54) is 0 Å². The lowest BCUT2D eigenvalue weighted by atomic mass is 10.1. The Balaban J connectivity index is 2.15. The van der Waals surface area contributed by atoms with E-state index in [0.717, 1.165) is 24.2 Å². The molecule has 0 bridgehead atoms. The van der Waals surface area contributed by atoms with Gasteiger partial charge in [-0.15, -0.1) is 0 Å². The van der Waals surface area contributed by atoms with Gasteiger partial charge in [-0.1, -0.05) is 24.3 Å². The van der Waals surface area contributed by atoms with E-state index in [1.54, 1.807) is 12.3 Å². The van der Waals surface area contributed by atoms with Crippen LogP contribution in [-0.2, 0) is 4.74 Å². The number of carbonyl (C=O) groups is 1. The van der Waals surface area contributed by atoms with Crippen LogP contribution in [0.2, 0.25) is 0 Å². The maximum Gasteiger partial charge on any atom is 0.355 e. The summed E-state index contributed by atoms with van der Waals surface area (Å²) in [5, 5.41) is 10.8. The van der Waals surface area contributed by atoms with Crippen molar-refractivity contribution in [1.29, 1.82) is 0 Å². The van der Waals surface area contributed by atoms with Crippen molar-refractivity contribution in [3.63, 3.8) is 0 Å². The zero-order chi connectivity index (χ0) is 13.2. The molecular weight excluding hydrogens is 244 g/mol. The van der Waals surface area contributed by atoms with Crippen LogP contribution in [0.4, 0.5) is 5.69 Å². The molecule has 2 heterocycles. The fourth-order valence-electron chi connectivity index (χ4n) is 2.40. The van der Waals surface area contributed by atoms with Gasteiger partial charge >= 0.3 is 5.97 Å². The van der Waals surface area contributed by atoms with Crippen LogP contribution < -0.4 is 4.90 Å². The number of ether oxygens (including phenoxy) is 1. The minimum atomic E-state index is -0.996. The third-order valence-corrected chi connectivity index (χ3v) is 3.33. The number of aromatic nitrogens is 1. The Morgan fingerprint density at radius 1 is 1.21 bits per heavy atom. The number of anilines is 1. The first-order chi connectivity index (χ1) is 9.27. The van der Waals surface area contributed by atoms with Crippen molar-refractivity contribution >= 4 is 22.4 Å². The van der Waals surface area contributed by atoms with Crippen molar-refractivity contribution in [1.82, 2.24) is 4.98 Å². The SMILES string of the molecule is O=C(O)c1ncc(N2CCOCC2)c2ccccc12. The van der Waals surface area contributed by atoms with E-state index in [-0.39, 0.29) is 5.69 Å². The molecule has 0 radical (unpaired) electrons. The summed E-state index contributed by atoms with van der Waals surface area (Å²) in [5.41, 5.74) is 1.08. The molecule has 1 saturated heterocycles. The highest BCUT2D eigenvalue weighted by molar-refractivity contribution is 6.05. The fraction of sp³-hybridized carbons (Fsp3) is 0.286. The molecule has 5 heteroatoms. The molecular formula is C14H14N2O3. The average Bonchev–Trinajstić information content (AvgIpc) is 2.47. The predicted octanol–water partition coefficient (Wildman–Crippen LogP) is 1.77. The highest BCUT2D eigenvalue weighted by Gasteiger charge is 2.17. The molecule has 0 atom stereocenters. The number of carboxylic acid groups (broad SMARTS) is 1. The molecule has 1 aliphatic heterocycles. The number of rotatable bonds is 2. The van der Waals surface area contributed by atoms with Crippen molar-refractivity contribution in [3.8, 4) is 0 Å². The van der Waals surface area contributed by atoms with Crippen LogP contribution in [0.25, 0.3) is 10.8 Å². The molecule has 0 amide bonds. The van der Waals surface area contributed by atoms with E-state index >= 15 is 0 Å². The number of hydrogen-bond acceptors (Lipinski definition) is 4. The zero-order valence-electron chi connectivity index (χ0n) is 10.4. The summed E-state index contributed by atoms with van der Waals surface area (Å²) in [4.78, 5) is 17.5. The van der Waals surface area contributed by atoms with E-state index < -0.39 is 5.97 Å². The number of nitrogens with zero attached hydrogens (tertiary/aromatic N) is 2. The number of morpholine rings is 1. The monoisotopic (exact) mass is 258 g/mol. The molecule has 1 aromatic heterocycles. The van der Waals surface area contributed by atoms with Crippen molar-refractivity contribution in [2.75, 3.05) is 31.2 Å². The minimum Gasteiger partial charge on any atom is -0.476 e. The molecule has 5 nitrogen and oxygen atoms in total. The molecule has 19 heavy (non-hydrogen) atoms. The zero-order valence-corrected chi connectivity index (χ0v) is 10.4. The number of fused-ring (bicyclic) bond motifs is 1. The molecule has 3 rings (SSSR count). The molecule has 2 aromatic rings. The summed E-state index contributed by atoms with van der Waals surface area (Å²) < 4.78 is 5.34. The number of benzene rings is 1. The third-order valence-electron chi connectivity index (χ3n) is 3.33. The second kappa shape index (κ2) is 4.85. The summed E-state index contributed by atoms with van der Waals surface area (Å²) in [6.45, 7) is 2.99. The van der Waals surface area contributed by atoms with Crippen LogP contribution in [0, 0.1) is 0 Å². The van der Waals surface area contributed by atoms with Crippen LogP contribution in [0.5, 0.6) is 0 Å². The quantitative estimate of drug-likeness (QED) is 0.889. The van der Waals surface area contributed by atoms with E-state index in [2.05, 4.69) is 9.88 Å². The minimum absolute atomic E-state index is 0.104. The van der Waals surface area contributed by atoms with Gasteiger partial charge in [0.1, 0.15) is 0 Å². The lowest BCUT2D eigenvalue weighted by Gasteiger charge is -2.29. The Labute approximate surface area is 110 Å². The lowest BCUT2D eigenvalue weighted by Crippen LogP contribution is -2.36. The predicted molar refractivity (Wildman–Crippen MR) is 71.7 cm³/mol. The molecule has 0 aliphatic carbocycles. The van der Waals surface area contributed by atoms with Gasteiger partial charge in [-0.05, 0) is 0 Å². The van der Waals surface area contributed by atoms with Crippen molar-refractivity contribution in [2.45, 2.75) is 0 Å². The molecule has 1 aliphatic rings. The molecule has 1 fully saturated rings. The van der Waals surface area contributed by atoms with Crippen molar-refractivity contribution < 1.29 is 14.6 Å². The maximum absolute atomic E-state index is 11.2. The van der Waals surface area contributed by atoms with Crippen molar-refractivity contribution in [2.24, 2.45) is 0 Å². The van der Waals surface area contributed by atoms with Gasteiger partial charge in [-0.3, -0.25) is 0 Å². The summed E-state index contributed by atoms with van der Waals surface area (Å²) in [6, 6.07) is 7.49. The van der Waals surface area contributed by atoms with Crippen LogP contribution in [0.15, 0.2) is 30.5 Å². The fourth-order valence-corrected chi connectivity index (χ4v) is 2.40. The summed E-state index contributed by atoms with van der Waals surface area (Å²) in [6.07, 6.45) is 1.65. The topological polar surface area (TPSA) is 62.7 Å². The van der Waals surface area contributed by atoms with Gasteiger partial charge in [-0.25, -0.2) is 9.78 Å². The van der Waals surface area contributed by atoms with E-state index in [9.17, 15) is 9.90 Å². The van der Waals surface area contributed by atoms with Gasteiger partial charge in [0, 0.05) is 23.9 Å². The van der Waals surface area contributed by atoms with Gasteiger partial charge in [0.05, 0.1) is 25.1 Å². The van der Waals surface area contributed by atoms with Gasteiger partial charge < -0.3 is 14.7 Å². The van der Waals surface area contributed by atoms with Crippen LogP contribution in [-0.4, -0.2) is 42.4 Å². The van der Waals surface area contributed by atoms with Crippen molar-refractivity contribution in [3.05, 3.63) is 36.2 Å². The highest BCUT2D eigenvalue weighted by Crippen LogP contribution is 2.28. The largest absolute Gasteiger partial charge is 0.476 e. The maximum atomic E-state index is 11.2. The Morgan fingerprint density at radius 2 is 1.89 bits per heavy atom. The molecule has 1 N–H and O–H groups in total. The average molecular weight is 258 g/mol. The van der Waals surface area contributed by atoms with E-state index in [4.69, 9.17) is 4.74 Å². The summed E-state index contributed by atoms with van der Waals surface area (Å²) in [5.74, 6) is -0.996. The van der Waals surface area contributed by atoms with E-state index in [0.29, 0.717) is 18.6 Å². The molecule has 98 valence electrons. The Morgan fingerprint density at radius 3 is 2.58 bits per heavy atom. The van der Waals surface area contributed by atoms with Gasteiger partial charge in [0.2, 0.25) is 0 Å². The van der Waals surface area contributed by atoms with Gasteiger partial charge in [0.25, 0.3) is 0 Å². The number of carboxylic acids is 1. The normalized spacial score (nSPS) is 15.7. The first-order valence-electron chi connectivity index (χ1n) is 6.21. The highest BCUT2D eigenvalue weighted by atomic mass is 16.5. The standard InChI is InChI=1S/C14H14N2O3/c17-14(18)13-11-4-2-1-3-10(11)12(9-15-13)16-5-7-19-8-6-16/h1-4,9H,5-8H2,(H,17,18). The lowest BCUT2D eigenvalue weighted by molar-refractivity contribution is 0.0693. The van der Waals surface area contributed by atoms with Crippen LogP contribution in [0.3, 0.4) is 0 Å². The Hall–Kier alpha value is -2.14. The smallest absolute Gasteiger partial charge is 0.355 e. The second-order valence-electron chi connectivity index (χ2n) is 4.44. The van der Waals surface area contributed by atoms with Gasteiger partial charge in [0.15, 0.2) is 5.69 Å².